The highest BCUT2D eigenvalue weighted by Gasteiger charge is 2.09. The van der Waals surface area contributed by atoms with Gasteiger partial charge in [0.05, 0.1) is 0 Å². The molecule has 0 fully saturated rings. The van der Waals surface area contributed by atoms with Gasteiger partial charge in [0.2, 0.25) is 11.0 Å². The molecule has 0 aliphatic heterocycles. The van der Waals surface area contributed by atoms with Crippen LogP contribution in [0.15, 0.2) is 6.33 Å². The number of nitrogens with one attached hydrogen (secondary N) is 1. The largest absolute Gasteiger partial charge is 0.299 e. The van der Waals surface area contributed by atoms with Gasteiger partial charge in [-0.25, -0.2) is 4.68 Å². The highest BCUT2D eigenvalue weighted by Crippen LogP contribution is 2.17. The Labute approximate surface area is 114 Å². The number of anilines is 1. The summed E-state index contributed by atoms with van der Waals surface area (Å²) in [4.78, 5) is 11.7. The van der Waals surface area contributed by atoms with E-state index in [2.05, 4.69) is 38.0 Å². The molecule has 2 heterocycles. The van der Waals surface area contributed by atoms with Gasteiger partial charge in [0, 0.05) is 6.42 Å². The third kappa shape index (κ3) is 4.36. The Balaban J connectivity index is 1.80. The van der Waals surface area contributed by atoms with Crippen molar-refractivity contribution in [3.63, 3.8) is 0 Å². The predicted molar refractivity (Wildman–Crippen MR) is 69.6 cm³/mol. The van der Waals surface area contributed by atoms with E-state index in [1.807, 2.05) is 0 Å². The van der Waals surface area contributed by atoms with Crippen molar-refractivity contribution >= 4 is 22.4 Å². The molecule has 2 aromatic rings. The molecule has 0 radical (unpaired) electrons. The van der Waals surface area contributed by atoms with Gasteiger partial charge < -0.3 is 0 Å². The van der Waals surface area contributed by atoms with Gasteiger partial charge >= 0.3 is 0 Å². The summed E-state index contributed by atoms with van der Waals surface area (Å²) in [5, 5.41) is 22.7. The first-order valence-corrected chi connectivity index (χ1v) is 6.92. The molecule has 102 valence electrons. The van der Waals surface area contributed by atoms with Crippen LogP contribution < -0.4 is 5.32 Å². The fourth-order valence-electron chi connectivity index (χ4n) is 1.49. The van der Waals surface area contributed by atoms with E-state index in [0.29, 0.717) is 5.13 Å². The van der Waals surface area contributed by atoms with Crippen LogP contribution in [-0.4, -0.2) is 36.3 Å². The van der Waals surface area contributed by atoms with Crippen LogP contribution in [0.2, 0.25) is 0 Å². The van der Waals surface area contributed by atoms with Gasteiger partial charge in [0.15, 0.2) is 0 Å². The lowest BCUT2D eigenvalue weighted by Gasteiger charge is -1.99. The molecule has 0 atom stereocenters. The second-order valence-corrected chi connectivity index (χ2v) is 5.08. The monoisotopic (exact) mass is 281 g/mol. The minimum Gasteiger partial charge on any atom is -0.299 e. The zero-order valence-corrected chi connectivity index (χ0v) is 11.4. The smallest absolute Gasteiger partial charge is 0.248 e. The summed E-state index contributed by atoms with van der Waals surface area (Å²) in [7, 11) is 0. The number of tetrazole rings is 1. The molecule has 0 bridgehead atoms. The molecule has 0 aliphatic carbocycles. The molecule has 9 heteroatoms. The molecule has 0 unspecified atom stereocenters. The Morgan fingerprint density at radius 2 is 2.32 bits per heavy atom. The Kier molecular flexibility index (Phi) is 4.90. The first-order valence-electron chi connectivity index (χ1n) is 6.11. The van der Waals surface area contributed by atoms with Crippen LogP contribution in [0.5, 0.6) is 0 Å². The van der Waals surface area contributed by atoms with Crippen molar-refractivity contribution in [1.82, 2.24) is 30.4 Å². The van der Waals surface area contributed by atoms with Crippen molar-refractivity contribution in [3.05, 3.63) is 11.3 Å². The molecular weight excluding hydrogens is 266 g/mol. The maximum Gasteiger partial charge on any atom is 0.248 e. The van der Waals surface area contributed by atoms with Crippen LogP contribution in [-0.2, 0) is 17.8 Å². The third-order valence-electron chi connectivity index (χ3n) is 2.40. The van der Waals surface area contributed by atoms with E-state index in [4.69, 9.17) is 0 Å². The summed E-state index contributed by atoms with van der Waals surface area (Å²) in [5.74, 6) is -0.219. The van der Waals surface area contributed by atoms with Gasteiger partial charge in [0.1, 0.15) is 17.9 Å². The molecule has 0 aromatic carbocycles. The van der Waals surface area contributed by atoms with Gasteiger partial charge in [-0.3, -0.25) is 10.1 Å². The summed E-state index contributed by atoms with van der Waals surface area (Å²) < 4.78 is 1.35. The third-order valence-corrected chi connectivity index (χ3v) is 3.30. The first-order chi connectivity index (χ1) is 9.28. The fraction of sp³-hybridized carbons (Fsp3) is 0.600. The van der Waals surface area contributed by atoms with Crippen LogP contribution in [0.1, 0.15) is 31.2 Å². The Hall–Kier alpha value is -1.90. The van der Waals surface area contributed by atoms with Gasteiger partial charge in [0.25, 0.3) is 0 Å². The lowest BCUT2D eigenvalue weighted by atomic mass is 10.2. The Morgan fingerprint density at radius 3 is 3.05 bits per heavy atom. The minimum atomic E-state index is -0.219. The van der Waals surface area contributed by atoms with E-state index in [0.717, 1.165) is 17.8 Å². The van der Waals surface area contributed by atoms with E-state index in [1.165, 1.54) is 35.2 Å². The molecule has 19 heavy (non-hydrogen) atoms. The number of aryl methyl sites for hydroxylation is 1. The number of amides is 1. The number of carbonyl (C=O) groups is 1. The number of hydrogen-bond donors (Lipinski definition) is 1. The van der Waals surface area contributed by atoms with E-state index in [9.17, 15) is 4.79 Å². The molecule has 0 spiro atoms. The summed E-state index contributed by atoms with van der Waals surface area (Å²) in [6, 6.07) is 0. The van der Waals surface area contributed by atoms with Crippen LogP contribution in [0.4, 0.5) is 5.13 Å². The maximum atomic E-state index is 11.7. The second kappa shape index (κ2) is 6.88. The van der Waals surface area contributed by atoms with E-state index in [-0.39, 0.29) is 12.5 Å². The van der Waals surface area contributed by atoms with Crippen molar-refractivity contribution in [2.75, 3.05) is 5.32 Å². The standard InChI is InChI=1S/C10H15N7OS/c1-2-3-4-5-9-13-14-10(19-9)12-8(18)6-17-7-11-15-16-17/h7H,2-6H2,1H3,(H,12,14,18). The van der Waals surface area contributed by atoms with Crippen LogP contribution in [0.25, 0.3) is 0 Å². The maximum absolute atomic E-state index is 11.7. The first kappa shape index (κ1) is 13.5. The lowest BCUT2D eigenvalue weighted by Crippen LogP contribution is -2.19. The number of rotatable bonds is 7. The number of aromatic nitrogens is 6. The highest BCUT2D eigenvalue weighted by molar-refractivity contribution is 7.15. The fourth-order valence-corrected chi connectivity index (χ4v) is 2.29. The molecule has 1 N–H and O–H groups in total. The number of carbonyl (C=O) groups excluding carboxylic acids is 1. The van der Waals surface area contributed by atoms with E-state index in [1.54, 1.807) is 0 Å². The quantitative estimate of drug-likeness (QED) is 0.757. The molecule has 0 saturated carbocycles. The van der Waals surface area contributed by atoms with E-state index < -0.39 is 0 Å². The van der Waals surface area contributed by atoms with Crippen LogP contribution in [0.3, 0.4) is 0 Å². The number of nitrogens with zero attached hydrogens (tertiary/aromatic N) is 6. The molecule has 0 saturated heterocycles. The number of unbranched alkanes of at least 4 members (excludes halogenated alkanes) is 2. The number of hydrogen-bond acceptors (Lipinski definition) is 7. The average Bonchev–Trinajstić information content (AvgIpc) is 3.02. The SMILES string of the molecule is CCCCCc1nnc(NC(=O)Cn2cnnn2)s1. The summed E-state index contributed by atoms with van der Waals surface area (Å²) in [5.41, 5.74) is 0. The second-order valence-electron chi connectivity index (χ2n) is 4.01. The molecule has 2 aromatic heterocycles. The summed E-state index contributed by atoms with van der Waals surface area (Å²) in [6.45, 7) is 2.22. The Bertz CT molecular complexity index is 510. The van der Waals surface area contributed by atoms with Gasteiger partial charge in [-0.15, -0.1) is 15.3 Å². The molecular formula is C10H15N7OS. The van der Waals surface area contributed by atoms with Crippen molar-refractivity contribution in [2.24, 2.45) is 0 Å². The van der Waals surface area contributed by atoms with Crippen LogP contribution >= 0.6 is 11.3 Å². The van der Waals surface area contributed by atoms with Gasteiger partial charge in [-0.1, -0.05) is 31.1 Å². The van der Waals surface area contributed by atoms with Crippen molar-refractivity contribution in [2.45, 2.75) is 39.2 Å². The zero-order chi connectivity index (χ0) is 13.5. The van der Waals surface area contributed by atoms with Crippen LogP contribution in [0, 0.1) is 0 Å². The molecule has 2 rings (SSSR count). The minimum absolute atomic E-state index is 0.0672. The van der Waals surface area contributed by atoms with Crippen molar-refractivity contribution in [3.8, 4) is 0 Å². The topological polar surface area (TPSA) is 98.5 Å². The highest BCUT2D eigenvalue weighted by atomic mass is 32.1. The molecule has 0 aliphatic rings. The zero-order valence-electron chi connectivity index (χ0n) is 10.6. The summed E-state index contributed by atoms with van der Waals surface area (Å²) >= 11 is 1.41. The van der Waals surface area contributed by atoms with E-state index >= 15 is 0 Å². The van der Waals surface area contributed by atoms with Gasteiger partial charge in [-0.2, -0.15) is 0 Å². The van der Waals surface area contributed by atoms with Gasteiger partial charge in [-0.05, 0) is 16.8 Å². The average molecular weight is 281 g/mol. The predicted octanol–water partition coefficient (Wildman–Crippen LogP) is 0.896. The normalized spacial score (nSPS) is 10.6. The summed E-state index contributed by atoms with van der Waals surface area (Å²) in [6.07, 6.45) is 5.75. The van der Waals surface area contributed by atoms with Crippen molar-refractivity contribution in [1.29, 1.82) is 0 Å². The molecule has 8 nitrogen and oxygen atoms in total. The van der Waals surface area contributed by atoms with Crippen molar-refractivity contribution < 1.29 is 4.79 Å². The Morgan fingerprint density at radius 1 is 1.42 bits per heavy atom. The lowest BCUT2D eigenvalue weighted by molar-refractivity contribution is -0.116. The molecule has 1 amide bonds.